The van der Waals surface area contributed by atoms with Crippen LogP contribution in [0, 0.1) is 0 Å². The third kappa shape index (κ3) is 41.1. The van der Waals surface area contributed by atoms with E-state index in [0.717, 1.165) is 77.0 Å². The standard InChI is InChI=1S/C44H78NO9P/c1-5-6-7-8-9-10-11-17-20-23-26-29-32-35-43(47)51-40-42(41-53-55(49,50)52-39-37-45(2,3)4)54-44(48)36-33-30-27-24-21-18-15-13-12-14-16-19-22-25-28-31-34-38-46/h10-12,14-15,18-19,22,24,27,42,46H,5-9,13,16-17,20-21,23,25-26,28-41H2,1-4H3/b11-10-,14-12-,18-15-,22-19-,27-24-/t42-/m1/s1. The number of carbonyl (C=O) groups excluding carboxylic acids is 2. The summed E-state index contributed by atoms with van der Waals surface area (Å²) in [5.74, 6) is -0.930. The maximum atomic E-state index is 12.6. The van der Waals surface area contributed by atoms with Crippen LogP contribution in [0.4, 0.5) is 0 Å². The van der Waals surface area contributed by atoms with Crippen LogP contribution in [0.15, 0.2) is 60.8 Å². The Bertz CT molecular complexity index is 1130. The van der Waals surface area contributed by atoms with Crippen LogP contribution in [0.5, 0.6) is 0 Å². The molecular formula is C44H78NO9P. The van der Waals surface area contributed by atoms with Gasteiger partial charge in [-0.15, -0.1) is 0 Å². The average Bonchev–Trinajstić information content (AvgIpc) is 3.13. The zero-order valence-corrected chi connectivity index (χ0v) is 35.9. The second-order valence-corrected chi connectivity index (χ2v) is 16.5. The molecule has 0 aromatic rings. The van der Waals surface area contributed by atoms with Crippen LogP contribution >= 0.6 is 7.82 Å². The summed E-state index contributed by atoms with van der Waals surface area (Å²) in [6.07, 6.45) is 41.2. The fourth-order valence-corrected chi connectivity index (χ4v) is 5.94. The third-order valence-electron chi connectivity index (χ3n) is 8.56. The molecule has 0 radical (unpaired) electrons. The van der Waals surface area contributed by atoms with E-state index in [0.29, 0.717) is 30.3 Å². The molecule has 0 bridgehead atoms. The first kappa shape index (κ1) is 52.7. The maximum absolute atomic E-state index is 12.6. The number of phosphoric ester groups is 1. The number of allylic oxidation sites excluding steroid dienone is 10. The van der Waals surface area contributed by atoms with Crippen molar-refractivity contribution in [2.24, 2.45) is 0 Å². The average molecular weight is 796 g/mol. The van der Waals surface area contributed by atoms with E-state index in [9.17, 15) is 19.0 Å². The number of nitrogens with zero attached hydrogens (tertiary/aromatic N) is 1. The molecule has 11 heteroatoms. The van der Waals surface area contributed by atoms with Gasteiger partial charge in [0, 0.05) is 19.4 Å². The first-order chi connectivity index (χ1) is 26.5. The molecule has 1 N–H and O–H groups in total. The predicted octanol–water partition coefficient (Wildman–Crippen LogP) is 10.0. The topological polar surface area (TPSA) is 131 Å². The van der Waals surface area contributed by atoms with Gasteiger partial charge < -0.3 is 33.0 Å². The summed E-state index contributed by atoms with van der Waals surface area (Å²) < 4.78 is 33.7. The van der Waals surface area contributed by atoms with Crippen molar-refractivity contribution in [1.82, 2.24) is 0 Å². The normalized spacial score (nSPS) is 14.2. The Morgan fingerprint density at radius 3 is 1.65 bits per heavy atom. The van der Waals surface area contributed by atoms with Gasteiger partial charge in [-0.1, -0.05) is 113 Å². The number of aliphatic hydroxyl groups excluding tert-OH is 1. The fourth-order valence-electron chi connectivity index (χ4n) is 5.21. The first-order valence-electron chi connectivity index (χ1n) is 21.1. The molecule has 1 unspecified atom stereocenters. The van der Waals surface area contributed by atoms with Gasteiger partial charge in [-0.3, -0.25) is 14.2 Å². The van der Waals surface area contributed by atoms with Gasteiger partial charge in [0.05, 0.1) is 27.7 Å². The van der Waals surface area contributed by atoms with Gasteiger partial charge in [0.2, 0.25) is 0 Å². The lowest BCUT2D eigenvalue weighted by Crippen LogP contribution is -2.37. The summed E-state index contributed by atoms with van der Waals surface area (Å²) in [4.78, 5) is 37.4. The van der Waals surface area contributed by atoms with E-state index in [1.807, 2.05) is 27.2 Å². The monoisotopic (exact) mass is 796 g/mol. The van der Waals surface area contributed by atoms with E-state index in [1.165, 1.54) is 32.1 Å². The molecule has 0 heterocycles. The molecular weight excluding hydrogens is 717 g/mol. The molecule has 0 amide bonds. The number of quaternary nitrogens is 1. The van der Waals surface area contributed by atoms with Crippen LogP contribution in [-0.2, 0) is 32.7 Å². The summed E-state index contributed by atoms with van der Waals surface area (Å²) in [5, 5.41) is 8.79. The van der Waals surface area contributed by atoms with E-state index in [1.54, 1.807) is 0 Å². The molecule has 2 atom stereocenters. The summed E-state index contributed by atoms with van der Waals surface area (Å²) >= 11 is 0. The number of carbonyl (C=O) groups is 2. The predicted molar refractivity (Wildman–Crippen MR) is 223 cm³/mol. The van der Waals surface area contributed by atoms with Crippen LogP contribution in [0.25, 0.3) is 0 Å². The SMILES string of the molecule is CCCCCC/C=C\CCCCCCCC(=O)OC[C@H](COP(=O)([O-])OCC[N+](C)(C)C)OC(=O)CCC/C=C\C/C=C\C/C=C\C/C=C\CCCCCO. The summed E-state index contributed by atoms with van der Waals surface area (Å²) in [6, 6.07) is 0. The molecule has 0 saturated carbocycles. The van der Waals surface area contributed by atoms with Crippen LogP contribution in [0.1, 0.15) is 148 Å². The highest BCUT2D eigenvalue weighted by Gasteiger charge is 2.21. The third-order valence-corrected chi connectivity index (χ3v) is 9.53. The number of esters is 2. The largest absolute Gasteiger partial charge is 0.756 e. The summed E-state index contributed by atoms with van der Waals surface area (Å²) in [7, 11) is 1.10. The minimum atomic E-state index is -4.65. The number of hydrogen-bond donors (Lipinski definition) is 1. The number of phosphoric acid groups is 1. The lowest BCUT2D eigenvalue weighted by atomic mass is 10.1. The first-order valence-corrected chi connectivity index (χ1v) is 22.6. The van der Waals surface area contributed by atoms with E-state index < -0.39 is 32.5 Å². The minimum Gasteiger partial charge on any atom is -0.756 e. The second kappa shape index (κ2) is 37.3. The maximum Gasteiger partial charge on any atom is 0.306 e. The van der Waals surface area contributed by atoms with Gasteiger partial charge in [-0.2, -0.15) is 0 Å². The fraction of sp³-hybridized carbons (Fsp3) is 0.727. The van der Waals surface area contributed by atoms with Gasteiger partial charge >= 0.3 is 11.9 Å². The Morgan fingerprint density at radius 2 is 1.09 bits per heavy atom. The minimum absolute atomic E-state index is 0.0497. The van der Waals surface area contributed by atoms with Crippen molar-refractivity contribution in [3.05, 3.63) is 60.8 Å². The molecule has 0 saturated heterocycles. The van der Waals surface area contributed by atoms with E-state index in [-0.39, 0.29) is 32.7 Å². The van der Waals surface area contributed by atoms with Gasteiger partial charge in [-0.05, 0) is 83.5 Å². The summed E-state index contributed by atoms with van der Waals surface area (Å²) in [5.41, 5.74) is 0. The lowest BCUT2D eigenvalue weighted by Gasteiger charge is -2.28. The number of rotatable bonds is 38. The van der Waals surface area contributed by atoms with Crippen LogP contribution in [-0.4, -0.2) is 81.7 Å². The molecule has 0 aromatic carbocycles. The highest BCUT2D eigenvalue weighted by atomic mass is 31.2. The van der Waals surface area contributed by atoms with E-state index in [4.69, 9.17) is 23.6 Å². The van der Waals surface area contributed by atoms with E-state index >= 15 is 0 Å². The smallest absolute Gasteiger partial charge is 0.306 e. The number of unbranched alkanes of at least 4 members (excludes halogenated alkanes) is 13. The van der Waals surface area contributed by atoms with Crippen LogP contribution in [0.3, 0.4) is 0 Å². The highest BCUT2D eigenvalue weighted by Crippen LogP contribution is 2.38. The number of aliphatic hydroxyl groups is 1. The van der Waals surface area contributed by atoms with E-state index in [2.05, 4.69) is 61.6 Å². The number of ether oxygens (including phenoxy) is 2. The van der Waals surface area contributed by atoms with Crippen LogP contribution in [0.2, 0.25) is 0 Å². The van der Waals surface area contributed by atoms with Gasteiger partial charge in [0.25, 0.3) is 7.82 Å². The Balaban J connectivity index is 4.50. The van der Waals surface area contributed by atoms with Crippen molar-refractivity contribution in [2.45, 2.75) is 154 Å². The molecule has 0 aliphatic rings. The zero-order valence-electron chi connectivity index (χ0n) is 35.1. The van der Waals surface area contributed by atoms with Gasteiger partial charge in [0.1, 0.15) is 19.8 Å². The Kier molecular flexibility index (Phi) is 35.7. The molecule has 0 rings (SSSR count). The van der Waals surface area contributed by atoms with Crippen molar-refractivity contribution in [2.75, 3.05) is 54.1 Å². The molecule has 0 aliphatic carbocycles. The number of hydrogen-bond acceptors (Lipinski definition) is 9. The van der Waals surface area contributed by atoms with Crippen molar-refractivity contribution in [3.63, 3.8) is 0 Å². The van der Waals surface area contributed by atoms with Gasteiger partial charge in [-0.25, -0.2) is 0 Å². The quantitative estimate of drug-likeness (QED) is 0.0213. The van der Waals surface area contributed by atoms with Crippen molar-refractivity contribution >= 4 is 19.8 Å². The van der Waals surface area contributed by atoms with Crippen molar-refractivity contribution in [1.29, 1.82) is 0 Å². The molecule has 0 fully saturated rings. The molecule has 0 spiro atoms. The Labute approximate surface area is 335 Å². The van der Waals surface area contributed by atoms with Crippen molar-refractivity contribution < 1.29 is 47.2 Å². The second-order valence-electron chi connectivity index (χ2n) is 15.1. The zero-order chi connectivity index (χ0) is 40.7. The number of likely N-dealkylation sites (N-methyl/N-ethyl adjacent to an activating group) is 1. The lowest BCUT2D eigenvalue weighted by molar-refractivity contribution is -0.870. The highest BCUT2D eigenvalue weighted by molar-refractivity contribution is 7.45. The van der Waals surface area contributed by atoms with Crippen LogP contribution < -0.4 is 4.89 Å². The van der Waals surface area contributed by atoms with Gasteiger partial charge in [0.15, 0.2) is 6.10 Å². The molecule has 10 nitrogen and oxygen atoms in total. The Hall–Kier alpha value is -2.33. The molecule has 0 aliphatic heterocycles. The van der Waals surface area contributed by atoms with Crippen molar-refractivity contribution in [3.8, 4) is 0 Å². The molecule has 55 heavy (non-hydrogen) atoms. The molecule has 0 aromatic heterocycles. The Morgan fingerprint density at radius 1 is 0.618 bits per heavy atom. The summed E-state index contributed by atoms with van der Waals surface area (Å²) in [6.45, 7) is 2.12. The molecule has 318 valence electrons.